The number of unbranched alkanes of at least 4 members (excludes halogenated alkanes) is 2. The Hall–Kier alpha value is -4.99. The third kappa shape index (κ3) is 9.01. The predicted molar refractivity (Wildman–Crippen MR) is 221 cm³/mol. The topological polar surface area (TPSA) is 137 Å². The van der Waals surface area contributed by atoms with E-state index in [0.717, 1.165) is 73.5 Å². The number of allylic oxidation sites excluding steroid dienone is 1. The van der Waals surface area contributed by atoms with Gasteiger partial charge in [0.1, 0.15) is 30.8 Å². The zero-order valence-corrected chi connectivity index (χ0v) is 33.5. The number of likely N-dealkylation sites (N-methyl/N-ethyl adjacent to an activating group) is 1. The van der Waals surface area contributed by atoms with Gasteiger partial charge in [-0.3, -0.25) is 9.69 Å². The summed E-state index contributed by atoms with van der Waals surface area (Å²) in [4.78, 5) is 24.7. The maximum atomic E-state index is 14.5. The standard InChI is InChI=1S/C47H56N4O7/c1-3-26-56-47-43(50(2)46(54)35-17-15-33(31-48)16-18-35)30-41(49-57-32-34-11-5-4-6-12-34)39-28-36(13-7-9-24-52)38(14-8-10-25-53)44(45(39)47)40-29-37(19-20-42(40)58-47)55-27-23-51-21-22-51/h3-6,11-12,15-20,28-29,36,38,43-45,52-53H,1,7-10,13-14,21-27,30,32H2,2H3. The number of oxime groups is 1. The smallest absolute Gasteiger partial charge is 0.254 e. The Labute approximate surface area is 342 Å². The molecular weight excluding hydrogens is 733 g/mol. The van der Waals surface area contributed by atoms with Crippen LogP contribution in [0.2, 0.25) is 0 Å². The highest BCUT2D eigenvalue weighted by Gasteiger charge is 2.65. The van der Waals surface area contributed by atoms with Crippen LogP contribution in [-0.2, 0) is 16.2 Å². The molecular formula is C47H56N4O7. The van der Waals surface area contributed by atoms with Crippen molar-refractivity contribution in [1.82, 2.24) is 9.80 Å². The van der Waals surface area contributed by atoms with Crippen LogP contribution < -0.4 is 9.47 Å². The van der Waals surface area contributed by atoms with Gasteiger partial charge in [0.2, 0.25) is 5.79 Å². The first-order valence-corrected chi connectivity index (χ1v) is 20.8. The lowest BCUT2D eigenvalue weighted by molar-refractivity contribution is -0.252. The molecule has 6 unspecified atom stereocenters. The third-order valence-electron chi connectivity index (χ3n) is 12.2. The first-order chi connectivity index (χ1) is 28.4. The van der Waals surface area contributed by atoms with Crippen molar-refractivity contribution in [2.45, 2.75) is 69.3 Å². The Morgan fingerprint density at radius 3 is 2.52 bits per heavy atom. The summed E-state index contributed by atoms with van der Waals surface area (Å²) in [7, 11) is 1.78. The third-order valence-corrected chi connectivity index (χ3v) is 12.2. The molecule has 4 aliphatic rings. The highest BCUT2D eigenvalue weighted by molar-refractivity contribution is 6.03. The number of hydrogen-bond acceptors (Lipinski definition) is 10. The summed E-state index contributed by atoms with van der Waals surface area (Å²) in [5.74, 6) is -0.511. The van der Waals surface area contributed by atoms with E-state index in [9.17, 15) is 20.3 Å². The fraction of sp³-hybridized carbons (Fsp3) is 0.468. The number of aliphatic hydroxyl groups is 2. The van der Waals surface area contributed by atoms with Gasteiger partial charge in [-0.25, -0.2) is 0 Å². The number of carbonyl (C=O) groups excluding carboxylic acids is 1. The van der Waals surface area contributed by atoms with Gasteiger partial charge < -0.3 is 34.2 Å². The van der Waals surface area contributed by atoms with Gasteiger partial charge in [0.15, 0.2) is 0 Å². The Kier molecular flexibility index (Phi) is 13.6. The Morgan fingerprint density at radius 2 is 1.81 bits per heavy atom. The van der Waals surface area contributed by atoms with E-state index >= 15 is 0 Å². The lowest BCUT2D eigenvalue weighted by Gasteiger charge is -2.59. The van der Waals surface area contributed by atoms with Gasteiger partial charge in [-0.2, -0.15) is 5.26 Å². The maximum absolute atomic E-state index is 14.5. The van der Waals surface area contributed by atoms with Crippen LogP contribution in [0.25, 0.3) is 0 Å². The summed E-state index contributed by atoms with van der Waals surface area (Å²) >= 11 is 0. The summed E-state index contributed by atoms with van der Waals surface area (Å²) < 4.78 is 20.6. The number of hydrogen-bond donors (Lipinski definition) is 2. The van der Waals surface area contributed by atoms with Crippen molar-refractivity contribution in [3.63, 3.8) is 0 Å². The lowest BCUT2D eigenvalue weighted by Crippen LogP contribution is -2.69. The molecule has 3 aromatic rings. The molecule has 11 heteroatoms. The molecule has 306 valence electrons. The minimum atomic E-state index is -1.36. The van der Waals surface area contributed by atoms with Crippen molar-refractivity contribution in [3.8, 4) is 17.6 Å². The molecule has 2 aliphatic carbocycles. The van der Waals surface area contributed by atoms with E-state index in [4.69, 9.17) is 24.2 Å². The van der Waals surface area contributed by atoms with Gasteiger partial charge in [0.05, 0.1) is 29.9 Å². The van der Waals surface area contributed by atoms with Crippen molar-refractivity contribution in [1.29, 1.82) is 5.26 Å². The monoisotopic (exact) mass is 788 g/mol. The second-order valence-electron chi connectivity index (χ2n) is 15.8. The van der Waals surface area contributed by atoms with Crippen LogP contribution in [0.15, 0.2) is 102 Å². The van der Waals surface area contributed by atoms with E-state index in [1.54, 1.807) is 42.3 Å². The first-order valence-electron chi connectivity index (χ1n) is 20.8. The Morgan fingerprint density at radius 1 is 1.05 bits per heavy atom. The predicted octanol–water partition coefficient (Wildman–Crippen LogP) is 6.86. The maximum Gasteiger partial charge on any atom is 0.254 e. The van der Waals surface area contributed by atoms with Crippen molar-refractivity contribution >= 4 is 11.6 Å². The van der Waals surface area contributed by atoms with Gasteiger partial charge in [-0.1, -0.05) is 60.5 Å². The molecule has 2 N–H and O–H groups in total. The van der Waals surface area contributed by atoms with E-state index in [0.29, 0.717) is 36.3 Å². The van der Waals surface area contributed by atoms with Crippen molar-refractivity contribution in [3.05, 3.63) is 119 Å². The van der Waals surface area contributed by atoms with E-state index in [2.05, 4.69) is 29.7 Å². The zero-order valence-electron chi connectivity index (χ0n) is 33.5. The average molecular weight is 789 g/mol. The lowest BCUT2D eigenvalue weighted by atomic mass is 9.55. The molecule has 1 amide bonds. The number of amides is 1. The quantitative estimate of drug-likeness (QED) is 0.0545. The van der Waals surface area contributed by atoms with Gasteiger partial charge in [0.25, 0.3) is 5.91 Å². The molecule has 2 fully saturated rings. The largest absolute Gasteiger partial charge is 0.492 e. The van der Waals surface area contributed by atoms with Crippen LogP contribution in [0.3, 0.4) is 0 Å². The minimum Gasteiger partial charge on any atom is -0.492 e. The van der Waals surface area contributed by atoms with E-state index in [-0.39, 0.29) is 56.5 Å². The number of nitriles is 1. The molecule has 2 aliphatic heterocycles. The molecule has 0 aromatic heterocycles. The van der Waals surface area contributed by atoms with Crippen molar-refractivity contribution in [2.24, 2.45) is 22.9 Å². The molecule has 2 heterocycles. The number of rotatable bonds is 20. The van der Waals surface area contributed by atoms with Crippen molar-refractivity contribution in [2.75, 3.05) is 53.1 Å². The average Bonchev–Trinajstić information content (AvgIpc) is 4.09. The normalized spacial score (nSPS) is 25.0. The molecule has 7 rings (SSSR count). The summed E-state index contributed by atoms with van der Waals surface area (Å²) in [5, 5.41) is 34.1. The van der Waals surface area contributed by atoms with E-state index in [1.165, 1.54) is 0 Å². The Balaban J connectivity index is 1.39. The molecule has 0 radical (unpaired) electrons. The zero-order chi connectivity index (χ0) is 40.5. The SMILES string of the molecule is C=CCOC12Oc3ccc(OCCN4CC4)cc3C3C(CCCCO)C(CCCCO)C=C(C(=NOCc4ccccc4)CC1N(C)C(=O)c1ccc(C#N)cc1)C32. The summed E-state index contributed by atoms with van der Waals surface area (Å²) in [6, 6.07) is 24.1. The van der Waals surface area contributed by atoms with Gasteiger partial charge in [0, 0.05) is 63.4 Å². The summed E-state index contributed by atoms with van der Waals surface area (Å²) in [6.07, 6.45) is 9.09. The van der Waals surface area contributed by atoms with Gasteiger partial charge in [-0.05, 0) is 91.1 Å². The van der Waals surface area contributed by atoms with Gasteiger partial charge >= 0.3 is 0 Å². The fourth-order valence-corrected chi connectivity index (χ4v) is 9.20. The highest BCUT2D eigenvalue weighted by atomic mass is 16.7. The first kappa shape index (κ1) is 41.2. The van der Waals surface area contributed by atoms with E-state index < -0.39 is 17.7 Å². The number of aliphatic hydroxyl groups excluding tert-OH is 2. The number of carbonyl (C=O) groups is 1. The molecule has 11 nitrogen and oxygen atoms in total. The number of nitrogens with zero attached hydrogens (tertiary/aromatic N) is 4. The molecule has 58 heavy (non-hydrogen) atoms. The second kappa shape index (κ2) is 19.2. The summed E-state index contributed by atoms with van der Waals surface area (Å²) in [6.45, 7) is 8.34. The molecule has 3 aromatic carbocycles. The van der Waals surface area contributed by atoms with Crippen LogP contribution in [-0.4, -0.2) is 96.6 Å². The summed E-state index contributed by atoms with van der Waals surface area (Å²) in [5.41, 5.74) is 4.61. The van der Waals surface area contributed by atoms with Crippen molar-refractivity contribution < 1.29 is 34.1 Å². The number of benzene rings is 3. The van der Waals surface area contributed by atoms with Crippen LogP contribution in [0.4, 0.5) is 0 Å². The second-order valence-corrected chi connectivity index (χ2v) is 15.8. The molecule has 0 spiro atoms. The van der Waals surface area contributed by atoms with Crippen LogP contribution in [0.5, 0.6) is 11.5 Å². The fourth-order valence-electron chi connectivity index (χ4n) is 9.20. The number of fused-ring (bicyclic) bond motifs is 2. The number of ether oxygens (including phenoxy) is 3. The van der Waals surface area contributed by atoms with Crippen LogP contribution in [0, 0.1) is 29.1 Å². The highest BCUT2D eigenvalue weighted by Crippen LogP contribution is 2.62. The molecule has 1 saturated heterocycles. The molecule has 6 atom stereocenters. The van der Waals surface area contributed by atoms with Crippen LogP contribution in [0.1, 0.15) is 77.9 Å². The molecule has 1 saturated carbocycles. The van der Waals surface area contributed by atoms with E-state index in [1.807, 2.05) is 42.5 Å². The van der Waals surface area contributed by atoms with Crippen LogP contribution >= 0.6 is 0 Å². The Bertz CT molecular complexity index is 1970. The van der Waals surface area contributed by atoms with Gasteiger partial charge in [-0.15, -0.1) is 6.58 Å². The minimum absolute atomic E-state index is 0.103. The molecule has 0 bridgehead atoms.